The largest absolute Gasteiger partial charge is 0.508 e. The topological polar surface area (TPSA) is 66.5 Å². The summed E-state index contributed by atoms with van der Waals surface area (Å²) in [5.74, 6) is 1.08. The number of phenols is 1. The Kier molecular flexibility index (Phi) is 4.72. The van der Waals surface area contributed by atoms with E-state index in [1.165, 1.54) is 0 Å². The molecule has 2 N–H and O–H groups in total. The second-order valence-electron chi connectivity index (χ2n) is 7.15. The van der Waals surface area contributed by atoms with Crippen molar-refractivity contribution in [1.82, 2.24) is 19.8 Å². The summed E-state index contributed by atoms with van der Waals surface area (Å²) in [7, 11) is 0. The maximum Gasteiger partial charge on any atom is 0.170 e. The highest BCUT2D eigenvalue weighted by Crippen LogP contribution is 2.40. The number of furan rings is 1. The molecule has 1 aromatic carbocycles. The summed E-state index contributed by atoms with van der Waals surface area (Å²) in [5.41, 5.74) is 2.95. The summed E-state index contributed by atoms with van der Waals surface area (Å²) in [6, 6.07) is 20.8. The number of pyridine rings is 1. The van der Waals surface area contributed by atoms with Crippen molar-refractivity contribution in [1.29, 1.82) is 0 Å². The molecule has 0 saturated carbocycles. The molecule has 1 saturated heterocycles. The van der Waals surface area contributed by atoms with Crippen LogP contribution in [0.4, 0.5) is 0 Å². The van der Waals surface area contributed by atoms with E-state index in [9.17, 15) is 5.11 Å². The smallest absolute Gasteiger partial charge is 0.170 e. The predicted molar refractivity (Wildman–Crippen MR) is 117 cm³/mol. The van der Waals surface area contributed by atoms with E-state index in [0.717, 1.165) is 22.8 Å². The van der Waals surface area contributed by atoms with Crippen molar-refractivity contribution < 1.29 is 9.52 Å². The number of thiocarbonyl (C=S) groups is 1. The van der Waals surface area contributed by atoms with Gasteiger partial charge < -0.3 is 24.3 Å². The third-order valence-corrected chi connectivity index (χ3v) is 5.67. The molecule has 2 unspecified atom stereocenters. The summed E-state index contributed by atoms with van der Waals surface area (Å²) in [6.07, 6.45) is 5.49. The predicted octanol–water partition coefficient (Wildman–Crippen LogP) is 4.34. The Bertz CT molecular complexity index is 1140. The zero-order valence-corrected chi connectivity index (χ0v) is 16.9. The minimum Gasteiger partial charge on any atom is -0.508 e. The summed E-state index contributed by atoms with van der Waals surface area (Å²) in [5, 5.41) is 13.8. The van der Waals surface area contributed by atoms with Crippen LogP contribution in [0.1, 0.15) is 29.2 Å². The second-order valence-corrected chi connectivity index (χ2v) is 7.54. The molecule has 6 nitrogen and oxygen atoms in total. The highest BCUT2D eigenvalue weighted by Gasteiger charge is 2.41. The van der Waals surface area contributed by atoms with Crippen molar-refractivity contribution in [2.75, 3.05) is 0 Å². The van der Waals surface area contributed by atoms with Gasteiger partial charge in [-0.3, -0.25) is 4.98 Å². The number of nitrogens with one attached hydrogen (secondary N) is 1. The second kappa shape index (κ2) is 7.68. The highest BCUT2D eigenvalue weighted by molar-refractivity contribution is 7.80. The van der Waals surface area contributed by atoms with Crippen molar-refractivity contribution in [2.45, 2.75) is 18.6 Å². The van der Waals surface area contributed by atoms with Gasteiger partial charge >= 0.3 is 0 Å². The Morgan fingerprint density at radius 1 is 1.03 bits per heavy atom. The van der Waals surface area contributed by atoms with E-state index in [1.807, 2.05) is 54.7 Å². The fraction of sp³-hybridized carbons (Fsp3) is 0.130. The highest BCUT2D eigenvalue weighted by atomic mass is 32.1. The standard InChI is InChI=1S/C23H20N4O2S/c28-17-10-8-16(9-11-17)26-13-3-7-20(26)22-21(19-6-1-2-12-24-19)25-23(30)27(22)15-18-5-4-14-29-18/h1-14,21-22,28H,15H2,(H,25,30). The average Bonchev–Trinajstić information content (AvgIpc) is 3.51. The molecule has 2 atom stereocenters. The van der Waals surface area contributed by atoms with Gasteiger partial charge in [-0.2, -0.15) is 0 Å². The minimum atomic E-state index is -0.112. The molecule has 1 aliphatic heterocycles. The van der Waals surface area contributed by atoms with Crippen LogP contribution in [0.5, 0.6) is 5.75 Å². The lowest BCUT2D eigenvalue weighted by Gasteiger charge is -2.28. The van der Waals surface area contributed by atoms with E-state index in [0.29, 0.717) is 11.7 Å². The van der Waals surface area contributed by atoms with Gasteiger partial charge in [0.2, 0.25) is 0 Å². The van der Waals surface area contributed by atoms with Crippen molar-refractivity contribution >= 4 is 17.3 Å². The fourth-order valence-electron chi connectivity index (χ4n) is 3.95. The Labute approximate surface area is 179 Å². The van der Waals surface area contributed by atoms with Crippen LogP contribution in [0, 0.1) is 0 Å². The van der Waals surface area contributed by atoms with Crippen LogP contribution in [-0.2, 0) is 6.54 Å². The molecule has 0 aliphatic carbocycles. The lowest BCUT2D eigenvalue weighted by Crippen LogP contribution is -2.29. The molecule has 0 radical (unpaired) electrons. The van der Waals surface area contributed by atoms with Crippen LogP contribution in [0.2, 0.25) is 0 Å². The number of aromatic hydroxyl groups is 1. The molecule has 1 aliphatic rings. The fourth-order valence-corrected chi connectivity index (χ4v) is 4.26. The molecule has 0 bridgehead atoms. The lowest BCUT2D eigenvalue weighted by molar-refractivity contribution is 0.280. The molecule has 4 heterocycles. The number of hydrogen-bond donors (Lipinski definition) is 2. The van der Waals surface area contributed by atoms with Crippen LogP contribution in [-0.4, -0.2) is 24.7 Å². The first-order chi connectivity index (χ1) is 14.7. The van der Waals surface area contributed by atoms with Gasteiger partial charge in [0.25, 0.3) is 0 Å². The number of nitrogens with zero attached hydrogens (tertiary/aromatic N) is 3. The number of phenolic OH excluding ortho intramolecular Hbond substituents is 1. The molecule has 1 fully saturated rings. The first-order valence-corrected chi connectivity index (χ1v) is 10.1. The number of aromatic nitrogens is 2. The Morgan fingerprint density at radius 2 is 1.90 bits per heavy atom. The van der Waals surface area contributed by atoms with Crippen LogP contribution in [0.3, 0.4) is 0 Å². The third kappa shape index (κ3) is 3.33. The number of hydrogen-bond acceptors (Lipinski definition) is 4. The zero-order valence-electron chi connectivity index (χ0n) is 16.1. The molecule has 0 spiro atoms. The minimum absolute atomic E-state index is 0.0960. The normalized spacial score (nSPS) is 18.5. The molecule has 7 heteroatoms. The SMILES string of the molecule is Oc1ccc(-n2cccc2C2C(c3ccccn3)NC(=S)N2Cc2ccco2)cc1. The molecule has 0 amide bonds. The summed E-state index contributed by atoms with van der Waals surface area (Å²) in [6.45, 7) is 0.549. The summed E-state index contributed by atoms with van der Waals surface area (Å²) < 4.78 is 7.72. The van der Waals surface area contributed by atoms with E-state index in [1.54, 1.807) is 24.6 Å². The number of rotatable bonds is 5. The van der Waals surface area contributed by atoms with Crippen LogP contribution >= 0.6 is 12.2 Å². The molecule has 30 heavy (non-hydrogen) atoms. The van der Waals surface area contributed by atoms with E-state index in [2.05, 4.69) is 25.8 Å². The first-order valence-electron chi connectivity index (χ1n) is 9.68. The van der Waals surface area contributed by atoms with Gasteiger partial charge in [0.15, 0.2) is 5.11 Å². The van der Waals surface area contributed by atoms with Gasteiger partial charge in [-0.25, -0.2) is 0 Å². The monoisotopic (exact) mass is 416 g/mol. The van der Waals surface area contributed by atoms with Gasteiger partial charge in [-0.15, -0.1) is 0 Å². The summed E-state index contributed by atoms with van der Waals surface area (Å²) >= 11 is 5.72. The first kappa shape index (κ1) is 18.4. The molecular weight excluding hydrogens is 396 g/mol. The van der Waals surface area contributed by atoms with Crippen LogP contribution < -0.4 is 5.32 Å². The molecular formula is C23H20N4O2S. The Balaban J connectivity index is 1.60. The molecule has 150 valence electrons. The van der Waals surface area contributed by atoms with E-state index < -0.39 is 0 Å². The Morgan fingerprint density at radius 3 is 2.63 bits per heavy atom. The van der Waals surface area contributed by atoms with Gasteiger partial charge in [0.1, 0.15) is 11.5 Å². The molecule has 3 aromatic heterocycles. The summed E-state index contributed by atoms with van der Waals surface area (Å²) in [4.78, 5) is 6.72. The number of benzene rings is 1. The maximum atomic E-state index is 9.68. The third-order valence-electron chi connectivity index (χ3n) is 5.32. The van der Waals surface area contributed by atoms with Gasteiger partial charge in [0, 0.05) is 23.8 Å². The van der Waals surface area contributed by atoms with E-state index >= 15 is 0 Å². The van der Waals surface area contributed by atoms with Crippen molar-refractivity contribution in [3.05, 3.63) is 103 Å². The van der Waals surface area contributed by atoms with E-state index in [-0.39, 0.29) is 17.8 Å². The van der Waals surface area contributed by atoms with Crippen LogP contribution in [0.25, 0.3) is 5.69 Å². The average molecular weight is 417 g/mol. The maximum absolute atomic E-state index is 9.68. The van der Waals surface area contributed by atoms with Crippen molar-refractivity contribution in [3.8, 4) is 11.4 Å². The Hall–Kier alpha value is -3.58. The lowest BCUT2D eigenvalue weighted by atomic mass is 10.0. The van der Waals surface area contributed by atoms with Crippen molar-refractivity contribution in [3.63, 3.8) is 0 Å². The van der Waals surface area contributed by atoms with Gasteiger partial charge in [-0.1, -0.05) is 6.07 Å². The molecule has 5 rings (SSSR count). The molecule has 4 aromatic rings. The zero-order chi connectivity index (χ0) is 20.5. The van der Waals surface area contributed by atoms with Crippen LogP contribution in [0.15, 0.2) is 89.8 Å². The van der Waals surface area contributed by atoms with Crippen molar-refractivity contribution in [2.24, 2.45) is 0 Å². The quantitative estimate of drug-likeness (QED) is 0.472. The van der Waals surface area contributed by atoms with Gasteiger partial charge in [-0.05, 0) is 72.9 Å². The van der Waals surface area contributed by atoms with E-state index in [4.69, 9.17) is 16.6 Å². The van der Waals surface area contributed by atoms with Gasteiger partial charge in [0.05, 0.1) is 30.6 Å².